The van der Waals surface area contributed by atoms with Gasteiger partial charge in [-0.1, -0.05) is 0 Å². The van der Waals surface area contributed by atoms with E-state index >= 15 is 0 Å². The number of nitrogens with zero attached hydrogens (tertiary/aromatic N) is 3. The highest BCUT2D eigenvalue weighted by molar-refractivity contribution is 7.89. The molecule has 0 unspecified atom stereocenters. The molecule has 1 N–H and O–H groups in total. The van der Waals surface area contributed by atoms with E-state index in [1.807, 2.05) is 4.90 Å². The van der Waals surface area contributed by atoms with Crippen molar-refractivity contribution >= 4 is 22.0 Å². The van der Waals surface area contributed by atoms with Gasteiger partial charge in [0.25, 0.3) is 0 Å². The third-order valence-electron chi connectivity index (χ3n) is 5.84. The largest absolute Gasteiger partial charge is 0.493 e. The van der Waals surface area contributed by atoms with E-state index in [1.165, 1.54) is 30.7 Å². The number of rotatable bonds is 7. The lowest BCUT2D eigenvalue weighted by Gasteiger charge is -2.34. The topological polar surface area (TPSA) is 108 Å². The lowest BCUT2D eigenvalue weighted by atomic mass is 10.1. The molecule has 1 aromatic carbocycles. The summed E-state index contributed by atoms with van der Waals surface area (Å²) in [4.78, 5) is 28.2. The van der Waals surface area contributed by atoms with Gasteiger partial charge < -0.3 is 24.6 Å². The summed E-state index contributed by atoms with van der Waals surface area (Å²) in [6.45, 7) is 2.80. The van der Waals surface area contributed by atoms with Gasteiger partial charge in [0.2, 0.25) is 15.9 Å². The van der Waals surface area contributed by atoms with Crippen LogP contribution in [0, 0.1) is 0 Å². The van der Waals surface area contributed by atoms with Gasteiger partial charge in [0.05, 0.1) is 19.1 Å². The number of ether oxygens (including phenoxy) is 2. The van der Waals surface area contributed by atoms with Crippen LogP contribution in [0.1, 0.15) is 25.7 Å². The molecule has 2 aliphatic heterocycles. The highest BCUT2D eigenvalue weighted by atomic mass is 32.2. The van der Waals surface area contributed by atoms with Crippen LogP contribution in [0.15, 0.2) is 23.1 Å². The zero-order valence-electron chi connectivity index (χ0n) is 18.7. The quantitative estimate of drug-likeness (QED) is 0.643. The first-order valence-electron chi connectivity index (χ1n) is 10.9. The van der Waals surface area contributed by atoms with Gasteiger partial charge in [-0.05, 0) is 31.4 Å². The normalized spacial score (nSPS) is 17.7. The van der Waals surface area contributed by atoms with E-state index in [-0.39, 0.29) is 56.0 Å². The molecule has 0 bridgehead atoms. The maximum absolute atomic E-state index is 13.0. The number of piperidine rings is 1. The number of hydrogen-bond donors (Lipinski definition) is 1. The molecular formula is C21H32N4O6S. The zero-order valence-corrected chi connectivity index (χ0v) is 19.5. The highest BCUT2D eigenvalue weighted by Gasteiger charge is 2.31. The van der Waals surface area contributed by atoms with E-state index in [4.69, 9.17) is 9.47 Å². The van der Waals surface area contributed by atoms with Crippen molar-refractivity contribution in [1.82, 2.24) is 19.4 Å². The number of piperazine rings is 1. The van der Waals surface area contributed by atoms with Crippen molar-refractivity contribution in [1.29, 1.82) is 0 Å². The Morgan fingerprint density at radius 3 is 2.19 bits per heavy atom. The van der Waals surface area contributed by atoms with Crippen molar-refractivity contribution in [2.75, 3.05) is 60.0 Å². The molecule has 2 saturated heterocycles. The van der Waals surface area contributed by atoms with Crippen molar-refractivity contribution in [2.24, 2.45) is 0 Å². The van der Waals surface area contributed by atoms with Crippen LogP contribution in [0.25, 0.3) is 0 Å². The molecule has 32 heavy (non-hydrogen) atoms. The van der Waals surface area contributed by atoms with Crippen LogP contribution in [0.5, 0.6) is 11.5 Å². The van der Waals surface area contributed by atoms with Crippen LogP contribution in [0.3, 0.4) is 0 Å². The van der Waals surface area contributed by atoms with Crippen LogP contribution in [0.4, 0.5) is 4.79 Å². The summed E-state index contributed by atoms with van der Waals surface area (Å²) < 4.78 is 37.7. The lowest BCUT2D eigenvalue weighted by molar-refractivity contribution is -0.131. The molecule has 3 amide bonds. The zero-order chi connectivity index (χ0) is 23.1. The number of methoxy groups -OCH3 is 2. The molecular weight excluding hydrogens is 436 g/mol. The summed E-state index contributed by atoms with van der Waals surface area (Å²) in [5.74, 6) is 0.855. The lowest BCUT2D eigenvalue weighted by Crippen LogP contribution is -2.53. The van der Waals surface area contributed by atoms with Gasteiger partial charge >= 0.3 is 6.03 Å². The Kier molecular flexibility index (Phi) is 8.19. The number of amides is 3. The summed E-state index contributed by atoms with van der Waals surface area (Å²) in [6, 6.07) is 4.20. The van der Waals surface area contributed by atoms with Crippen LogP contribution >= 0.6 is 0 Å². The van der Waals surface area contributed by atoms with Crippen molar-refractivity contribution in [2.45, 2.75) is 30.6 Å². The summed E-state index contributed by atoms with van der Waals surface area (Å²) in [6.07, 6.45) is 3.51. The summed E-state index contributed by atoms with van der Waals surface area (Å²) in [5.41, 5.74) is 0. The molecule has 2 heterocycles. The molecule has 0 spiro atoms. The number of urea groups is 1. The second-order valence-electron chi connectivity index (χ2n) is 7.83. The van der Waals surface area contributed by atoms with Crippen LogP contribution in [0.2, 0.25) is 0 Å². The molecule has 11 heteroatoms. The van der Waals surface area contributed by atoms with Gasteiger partial charge in [0.15, 0.2) is 11.5 Å². The van der Waals surface area contributed by atoms with Crippen LogP contribution in [-0.2, 0) is 14.8 Å². The Morgan fingerprint density at radius 1 is 0.906 bits per heavy atom. The monoisotopic (exact) mass is 468 g/mol. The smallest absolute Gasteiger partial charge is 0.317 e. The molecule has 3 rings (SSSR count). The van der Waals surface area contributed by atoms with Gasteiger partial charge in [-0.3, -0.25) is 4.79 Å². The first-order valence-corrected chi connectivity index (χ1v) is 12.3. The van der Waals surface area contributed by atoms with E-state index in [0.717, 1.165) is 32.4 Å². The van der Waals surface area contributed by atoms with Crippen LogP contribution < -0.4 is 14.8 Å². The third-order valence-corrected chi connectivity index (χ3v) is 7.74. The Bertz CT molecular complexity index is 909. The molecule has 2 aliphatic rings. The second-order valence-corrected chi connectivity index (χ2v) is 9.77. The van der Waals surface area contributed by atoms with Gasteiger partial charge in [0, 0.05) is 58.3 Å². The molecule has 0 aromatic heterocycles. The fraction of sp³-hybridized carbons (Fsp3) is 0.619. The molecule has 1 aromatic rings. The molecule has 0 saturated carbocycles. The fourth-order valence-electron chi connectivity index (χ4n) is 3.95. The Balaban J connectivity index is 1.48. The van der Waals surface area contributed by atoms with Crippen molar-refractivity contribution in [3.8, 4) is 11.5 Å². The number of carbonyl (C=O) groups is 2. The average Bonchev–Trinajstić information content (AvgIpc) is 2.83. The van der Waals surface area contributed by atoms with E-state index in [9.17, 15) is 18.0 Å². The minimum Gasteiger partial charge on any atom is -0.493 e. The van der Waals surface area contributed by atoms with E-state index in [0.29, 0.717) is 11.5 Å². The summed E-state index contributed by atoms with van der Waals surface area (Å²) in [7, 11) is -0.784. The van der Waals surface area contributed by atoms with Crippen LogP contribution in [-0.4, -0.2) is 94.5 Å². The molecule has 10 nitrogen and oxygen atoms in total. The number of benzene rings is 1. The molecule has 2 fully saturated rings. The maximum atomic E-state index is 13.0. The van der Waals surface area contributed by atoms with Crippen molar-refractivity contribution in [3.63, 3.8) is 0 Å². The molecule has 0 radical (unpaired) electrons. The first kappa shape index (κ1) is 24.1. The predicted molar refractivity (Wildman–Crippen MR) is 118 cm³/mol. The predicted octanol–water partition coefficient (Wildman–Crippen LogP) is 1.12. The molecule has 0 aliphatic carbocycles. The van der Waals surface area contributed by atoms with Crippen molar-refractivity contribution in [3.05, 3.63) is 18.2 Å². The molecule has 178 valence electrons. The van der Waals surface area contributed by atoms with Crippen molar-refractivity contribution < 1.29 is 27.5 Å². The highest BCUT2D eigenvalue weighted by Crippen LogP contribution is 2.30. The van der Waals surface area contributed by atoms with Gasteiger partial charge in [-0.25, -0.2) is 13.2 Å². The minimum atomic E-state index is -3.72. The van der Waals surface area contributed by atoms with Gasteiger partial charge in [-0.2, -0.15) is 4.31 Å². The Morgan fingerprint density at radius 2 is 1.56 bits per heavy atom. The standard InChI is InChI=1S/C21H32N4O6S/c1-30-18-7-6-17(16-19(18)31-2)32(28,29)25-14-12-24(13-15-25)21(27)22-9-8-20(26)23-10-4-3-5-11-23/h6-7,16H,3-5,8-15H2,1-2H3,(H,22,27). The number of hydrogen-bond acceptors (Lipinski definition) is 6. The summed E-state index contributed by atoms with van der Waals surface area (Å²) >= 11 is 0. The van der Waals surface area contributed by atoms with E-state index in [1.54, 1.807) is 11.0 Å². The van der Waals surface area contributed by atoms with E-state index in [2.05, 4.69) is 5.32 Å². The number of likely N-dealkylation sites (tertiary alicyclic amines) is 1. The van der Waals surface area contributed by atoms with E-state index < -0.39 is 10.0 Å². The third kappa shape index (κ3) is 5.63. The summed E-state index contributed by atoms with van der Waals surface area (Å²) in [5, 5.41) is 2.78. The number of carbonyl (C=O) groups excluding carboxylic acids is 2. The first-order chi connectivity index (χ1) is 15.4. The number of sulfonamides is 1. The average molecular weight is 469 g/mol. The Labute approximate surface area is 189 Å². The number of nitrogens with one attached hydrogen (secondary N) is 1. The fourth-order valence-corrected chi connectivity index (χ4v) is 5.39. The molecule has 0 atom stereocenters. The second kappa shape index (κ2) is 10.9. The van der Waals surface area contributed by atoms with Gasteiger partial charge in [0.1, 0.15) is 0 Å². The maximum Gasteiger partial charge on any atom is 0.317 e. The SMILES string of the molecule is COc1ccc(S(=O)(=O)N2CCN(C(=O)NCCC(=O)N3CCCCC3)CC2)cc1OC. The van der Waals surface area contributed by atoms with Gasteiger partial charge in [-0.15, -0.1) is 0 Å². The Hall–Kier alpha value is -2.53. The minimum absolute atomic E-state index is 0.0656.